The van der Waals surface area contributed by atoms with Gasteiger partial charge in [-0.2, -0.15) is 0 Å². The fourth-order valence-corrected chi connectivity index (χ4v) is 3.13. The first-order valence-corrected chi connectivity index (χ1v) is 9.22. The molecule has 0 atom stereocenters. The molecule has 0 aliphatic heterocycles. The molecule has 3 rings (SSSR count). The average molecular weight is 417 g/mol. The molecule has 8 nitrogen and oxygen atoms in total. The molecule has 142 valence electrons. The number of non-ortho nitro benzene ring substituents is 1. The Hall–Kier alpha value is -3.30. The van der Waals surface area contributed by atoms with E-state index in [1.165, 1.54) is 29.5 Å². The molecule has 0 aliphatic carbocycles. The Morgan fingerprint density at radius 3 is 2.64 bits per heavy atom. The minimum atomic E-state index is -0.593. The van der Waals surface area contributed by atoms with E-state index in [1.54, 1.807) is 17.5 Å². The van der Waals surface area contributed by atoms with Gasteiger partial charge < -0.3 is 10.6 Å². The van der Waals surface area contributed by atoms with Crippen molar-refractivity contribution in [3.63, 3.8) is 0 Å². The van der Waals surface area contributed by atoms with Crippen LogP contribution in [0.4, 0.5) is 10.8 Å². The van der Waals surface area contributed by atoms with Crippen molar-refractivity contribution >= 4 is 45.6 Å². The van der Waals surface area contributed by atoms with Crippen LogP contribution in [0, 0.1) is 10.1 Å². The fourth-order valence-electron chi connectivity index (χ4n) is 2.27. The van der Waals surface area contributed by atoms with Crippen molar-refractivity contribution in [2.75, 3.05) is 11.9 Å². The molecule has 0 unspecified atom stereocenters. The highest BCUT2D eigenvalue weighted by atomic mass is 35.5. The summed E-state index contributed by atoms with van der Waals surface area (Å²) in [6.07, 6.45) is 0. The van der Waals surface area contributed by atoms with Crippen molar-refractivity contribution < 1.29 is 14.5 Å². The van der Waals surface area contributed by atoms with E-state index in [0.29, 0.717) is 15.8 Å². The molecule has 2 amide bonds. The maximum Gasteiger partial charge on any atom is 0.270 e. The van der Waals surface area contributed by atoms with E-state index in [9.17, 15) is 19.7 Å². The number of hydrogen-bond donors (Lipinski definition) is 2. The van der Waals surface area contributed by atoms with Gasteiger partial charge in [0.2, 0.25) is 5.91 Å². The third-order valence-corrected chi connectivity index (χ3v) is 4.63. The Kier molecular flexibility index (Phi) is 5.97. The fraction of sp³-hybridized carbons (Fsp3) is 0.0556. The van der Waals surface area contributed by atoms with E-state index in [2.05, 4.69) is 15.6 Å². The van der Waals surface area contributed by atoms with Crippen LogP contribution in [0.5, 0.6) is 0 Å². The number of hydrogen-bond acceptors (Lipinski definition) is 6. The number of nitro benzene ring substituents is 1. The molecule has 0 aliphatic rings. The van der Waals surface area contributed by atoms with Crippen LogP contribution in [0.15, 0.2) is 53.9 Å². The number of aromatic nitrogens is 1. The summed E-state index contributed by atoms with van der Waals surface area (Å²) in [6.45, 7) is -0.294. The van der Waals surface area contributed by atoms with E-state index in [-0.39, 0.29) is 17.8 Å². The van der Waals surface area contributed by atoms with Crippen molar-refractivity contribution in [2.45, 2.75) is 0 Å². The van der Waals surface area contributed by atoms with Crippen LogP contribution in [0.1, 0.15) is 10.4 Å². The SMILES string of the molecule is O=C(CNC(=O)c1cccc([N+](=O)[O-])c1)Nc1nc(-c2ccc(Cl)cc2)cs1. The topological polar surface area (TPSA) is 114 Å². The molecule has 2 N–H and O–H groups in total. The average Bonchev–Trinajstić information content (AvgIpc) is 3.15. The lowest BCUT2D eigenvalue weighted by Crippen LogP contribution is -2.32. The molecule has 10 heteroatoms. The number of carbonyl (C=O) groups is 2. The Morgan fingerprint density at radius 2 is 1.93 bits per heavy atom. The zero-order chi connectivity index (χ0) is 20.1. The molecular weight excluding hydrogens is 404 g/mol. The van der Waals surface area contributed by atoms with Gasteiger partial charge >= 0.3 is 0 Å². The molecule has 1 aromatic heterocycles. The summed E-state index contributed by atoms with van der Waals surface area (Å²) in [6, 6.07) is 12.4. The summed E-state index contributed by atoms with van der Waals surface area (Å²) in [5, 5.41) is 18.6. The quantitative estimate of drug-likeness (QED) is 0.469. The van der Waals surface area contributed by atoms with Crippen molar-refractivity contribution in [1.29, 1.82) is 0 Å². The normalized spacial score (nSPS) is 10.3. The third kappa shape index (κ3) is 4.90. The van der Waals surface area contributed by atoms with Crippen molar-refractivity contribution in [3.8, 4) is 11.3 Å². The maximum atomic E-state index is 12.1. The standard InChI is InChI=1S/C18H13ClN4O4S/c19-13-6-4-11(5-7-13)15-10-28-18(21-15)22-16(24)9-20-17(25)12-2-1-3-14(8-12)23(26)27/h1-8,10H,9H2,(H,20,25)(H,21,22,24). The predicted molar refractivity (Wildman–Crippen MR) is 107 cm³/mol. The van der Waals surface area contributed by atoms with E-state index in [0.717, 1.165) is 11.6 Å². The lowest BCUT2D eigenvalue weighted by Gasteiger charge is -2.05. The van der Waals surface area contributed by atoms with E-state index >= 15 is 0 Å². The number of nitro groups is 1. The van der Waals surface area contributed by atoms with Gasteiger partial charge in [0.05, 0.1) is 17.2 Å². The maximum absolute atomic E-state index is 12.1. The highest BCUT2D eigenvalue weighted by molar-refractivity contribution is 7.14. The molecule has 0 saturated heterocycles. The summed E-state index contributed by atoms with van der Waals surface area (Å²) in [4.78, 5) is 38.6. The molecule has 0 radical (unpaired) electrons. The number of benzene rings is 2. The smallest absolute Gasteiger partial charge is 0.270 e. The number of carbonyl (C=O) groups excluding carboxylic acids is 2. The number of anilines is 1. The van der Waals surface area contributed by atoms with Gasteiger partial charge in [0.25, 0.3) is 11.6 Å². The van der Waals surface area contributed by atoms with E-state index < -0.39 is 16.7 Å². The van der Waals surface area contributed by atoms with Crippen LogP contribution in [-0.2, 0) is 4.79 Å². The second-order valence-electron chi connectivity index (χ2n) is 5.58. The lowest BCUT2D eigenvalue weighted by molar-refractivity contribution is -0.384. The monoisotopic (exact) mass is 416 g/mol. The first-order chi connectivity index (χ1) is 13.4. The van der Waals surface area contributed by atoms with Crippen LogP contribution in [0.3, 0.4) is 0 Å². The molecule has 0 spiro atoms. The molecule has 2 aromatic carbocycles. The molecule has 3 aromatic rings. The first-order valence-electron chi connectivity index (χ1n) is 7.96. The summed E-state index contributed by atoms with van der Waals surface area (Å²) >= 11 is 7.11. The van der Waals surface area contributed by atoms with Gasteiger partial charge in [0.1, 0.15) is 0 Å². The summed E-state index contributed by atoms with van der Waals surface area (Å²) in [5.41, 5.74) is 1.45. The molecule has 1 heterocycles. The zero-order valence-corrected chi connectivity index (χ0v) is 15.8. The van der Waals surface area contributed by atoms with Crippen molar-refractivity contribution in [3.05, 3.63) is 74.6 Å². The van der Waals surface area contributed by atoms with E-state index in [4.69, 9.17) is 11.6 Å². The van der Waals surface area contributed by atoms with Gasteiger partial charge in [-0.1, -0.05) is 29.8 Å². The number of thiazole rings is 1. The van der Waals surface area contributed by atoms with Gasteiger partial charge in [-0.3, -0.25) is 19.7 Å². The highest BCUT2D eigenvalue weighted by Gasteiger charge is 2.13. The highest BCUT2D eigenvalue weighted by Crippen LogP contribution is 2.25. The minimum absolute atomic E-state index is 0.0984. The number of nitrogens with zero attached hydrogens (tertiary/aromatic N) is 2. The molecule has 28 heavy (non-hydrogen) atoms. The van der Waals surface area contributed by atoms with Gasteiger partial charge in [0.15, 0.2) is 5.13 Å². The zero-order valence-electron chi connectivity index (χ0n) is 14.2. The Balaban J connectivity index is 1.56. The summed E-state index contributed by atoms with van der Waals surface area (Å²) in [7, 11) is 0. The van der Waals surface area contributed by atoms with Gasteiger partial charge in [0, 0.05) is 33.7 Å². The number of amides is 2. The van der Waals surface area contributed by atoms with Crippen LogP contribution in [0.2, 0.25) is 5.02 Å². The van der Waals surface area contributed by atoms with Crippen LogP contribution in [-0.4, -0.2) is 28.3 Å². The number of rotatable bonds is 6. The Morgan fingerprint density at radius 1 is 1.18 bits per heavy atom. The van der Waals surface area contributed by atoms with Crippen LogP contribution >= 0.6 is 22.9 Å². The van der Waals surface area contributed by atoms with Crippen molar-refractivity contribution in [2.24, 2.45) is 0 Å². The summed E-state index contributed by atoms with van der Waals surface area (Å²) in [5.74, 6) is -1.05. The molecular formula is C18H13ClN4O4S. The molecule has 0 fully saturated rings. The summed E-state index contributed by atoms with van der Waals surface area (Å²) < 4.78 is 0. The molecule has 0 bridgehead atoms. The second-order valence-corrected chi connectivity index (χ2v) is 6.88. The Bertz CT molecular complexity index is 1040. The third-order valence-electron chi connectivity index (χ3n) is 3.62. The number of nitrogens with one attached hydrogen (secondary N) is 2. The van der Waals surface area contributed by atoms with E-state index in [1.807, 2.05) is 12.1 Å². The minimum Gasteiger partial charge on any atom is -0.343 e. The van der Waals surface area contributed by atoms with Crippen LogP contribution in [0.25, 0.3) is 11.3 Å². The van der Waals surface area contributed by atoms with Crippen LogP contribution < -0.4 is 10.6 Å². The molecule has 0 saturated carbocycles. The lowest BCUT2D eigenvalue weighted by atomic mass is 10.2. The van der Waals surface area contributed by atoms with Gasteiger partial charge in [-0.25, -0.2) is 4.98 Å². The van der Waals surface area contributed by atoms with Gasteiger partial charge in [-0.15, -0.1) is 11.3 Å². The Labute approximate surface area is 168 Å². The number of halogens is 1. The largest absolute Gasteiger partial charge is 0.343 e. The van der Waals surface area contributed by atoms with Gasteiger partial charge in [-0.05, 0) is 18.2 Å². The predicted octanol–water partition coefficient (Wildman–Crippen LogP) is 3.74. The van der Waals surface area contributed by atoms with Crippen molar-refractivity contribution in [1.82, 2.24) is 10.3 Å². The first kappa shape index (κ1) is 19.5. The second kappa shape index (κ2) is 8.59.